The van der Waals surface area contributed by atoms with Crippen LogP contribution in [0.4, 0.5) is 37.7 Å². The third-order valence-corrected chi connectivity index (χ3v) is 4.15. The van der Waals surface area contributed by atoms with Gasteiger partial charge in [-0.25, -0.2) is 0 Å². The largest absolute Gasteiger partial charge is 0.457 e. The van der Waals surface area contributed by atoms with Gasteiger partial charge in [0.25, 0.3) is 11.4 Å². The average Bonchev–Trinajstić information content (AvgIpc) is 2.73. The van der Waals surface area contributed by atoms with E-state index in [0.29, 0.717) is 24.3 Å². The van der Waals surface area contributed by atoms with Gasteiger partial charge in [0.2, 0.25) is 0 Å². The second-order valence-electron chi connectivity index (χ2n) is 6.62. The summed E-state index contributed by atoms with van der Waals surface area (Å²) in [4.78, 5) is 19.8. The number of rotatable bonds is 6. The summed E-state index contributed by atoms with van der Waals surface area (Å²) in [6.07, 6.45) is -9.73. The Hall–Kier alpha value is -4.36. The fraction of sp³-hybridized carbons (Fsp3) is 0.100. The molecule has 0 amide bonds. The first-order valence-electron chi connectivity index (χ1n) is 8.91. The molecule has 0 aliphatic rings. The fourth-order valence-electron chi connectivity index (χ4n) is 2.67. The van der Waals surface area contributed by atoms with Crippen molar-refractivity contribution in [1.29, 1.82) is 0 Å². The topological polar surface area (TPSA) is 105 Å². The van der Waals surface area contributed by atoms with E-state index in [1.807, 2.05) is 0 Å². The van der Waals surface area contributed by atoms with Crippen molar-refractivity contribution in [2.24, 2.45) is 0 Å². The highest BCUT2D eigenvalue weighted by Gasteiger charge is 2.34. The Bertz CT molecular complexity index is 1150. The van der Waals surface area contributed by atoms with Crippen LogP contribution >= 0.6 is 0 Å². The molecule has 14 heteroatoms. The molecule has 34 heavy (non-hydrogen) atoms. The molecule has 3 aromatic rings. The van der Waals surface area contributed by atoms with E-state index >= 15 is 0 Å². The maximum atomic E-state index is 13.0. The first kappa shape index (κ1) is 24.3. The van der Waals surface area contributed by atoms with Gasteiger partial charge in [-0.15, -0.1) is 0 Å². The minimum Gasteiger partial charge on any atom is -0.457 e. The molecule has 3 aromatic carbocycles. The monoisotopic (exact) mass is 488 g/mol. The highest BCUT2D eigenvalue weighted by atomic mass is 19.4. The maximum Gasteiger partial charge on any atom is 0.416 e. The van der Waals surface area contributed by atoms with Crippen LogP contribution in [0.1, 0.15) is 11.1 Å². The minimum atomic E-state index is -4.87. The number of non-ortho nitro benzene ring substituents is 2. The average molecular weight is 488 g/mol. The molecule has 8 nitrogen and oxygen atoms in total. The van der Waals surface area contributed by atoms with Crippen LogP contribution in [-0.2, 0) is 12.4 Å². The molecule has 0 aliphatic heterocycles. The first-order valence-corrected chi connectivity index (χ1v) is 8.91. The van der Waals surface area contributed by atoms with E-state index < -0.39 is 56.2 Å². The number of hydrogen-bond donors (Lipinski definition) is 0. The van der Waals surface area contributed by atoms with Crippen molar-refractivity contribution in [2.75, 3.05) is 0 Å². The van der Waals surface area contributed by atoms with Gasteiger partial charge in [-0.3, -0.25) is 20.2 Å². The zero-order chi connectivity index (χ0) is 25.3. The molecule has 0 bridgehead atoms. The molecule has 0 heterocycles. The van der Waals surface area contributed by atoms with Crippen molar-refractivity contribution in [2.45, 2.75) is 12.4 Å². The molecule has 0 atom stereocenters. The van der Waals surface area contributed by atoms with Crippen LogP contribution in [0.5, 0.6) is 23.0 Å². The number of nitro benzene ring substituents is 2. The zero-order valence-electron chi connectivity index (χ0n) is 16.4. The minimum absolute atomic E-state index is 0.0732. The number of hydrogen-bond acceptors (Lipinski definition) is 6. The second-order valence-corrected chi connectivity index (χ2v) is 6.62. The zero-order valence-corrected chi connectivity index (χ0v) is 16.4. The van der Waals surface area contributed by atoms with Crippen LogP contribution in [0.2, 0.25) is 0 Å². The van der Waals surface area contributed by atoms with E-state index in [1.165, 1.54) is 24.3 Å². The van der Waals surface area contributed by atoms with Gasteiger partial charge in [-0.2, -0.15) is 26.3 Å². The lowest BCUT2D eigenvalue weighted by Crippen LogP contribution is -2.06. The molecule has 0 N–H and O–H groups in total. The molecule has 0 radical (unpaired) electrons. The predicted molar refractivity (Wildman–Crippen MR) is 103 cm³/mol. The number of halogens is 6. The summed E-state index contributed by atoms with van der Waals surface area (Å²) in [5.41, 5.74) is -4.31. The number of benzene rings is 3. The Morgan fingerprint density at radius 3 is 1.15 bits per heavy atom. The van der Waals surface area contributed by atoms with Crippen LogP contribution in [0.25, 0.3) is 0 Å². The quantitative estimate of drug-likeness (QED) is 0.208. The Kier molecular flexibility index (Phi) is 6.34. The molecule has 0 unspecified atom stereocenters. The standard InChI is InChI=1S/C20H10F6N2O6/c21-19(22,23)11-5-13(27(29)30)9-17(7-11)33-15-1-2-16(4-3-15)34-18-8-12(20(24,25)26)6-14(10-18)28(31)32/h1-10H. The number of nitro groups is 2. The lowest BCUT2D eigenvalue weighted by atomic mass is 10.2. The van der Waals surface area contributed by atoms with E-state index in [4.69, 9.17) is 9.47 Å². The van der Waals surface area contributed by atoms with Gasteiger partial charge in [0.05, 0.1) is 33.1 Å². The Morgan fingerprint density at radius 1 is 0.559 bits per heavy atom. The van der Waals surface area contributed by atoms with Gasteiger partial charge in [0, 0.05) is 12.1 Å². The molecular formula is C20H10F6N2O6. The molecule has 0 fully saturated rings. The van der Waals surface area contributed by atoms with E-state index in [2.05, 4.69) is 0 Å². The van der Waals surface area contributed by atoms with Crippen molar-refractivity contribution in [3.05, 3.63) is 92.0 Å². The van der Waals surface area contributed by atoms with Gasteiger partial charge in [-0.1, -0.05) is 0 Å². The first-order chi connectivity index (χ1) is 15.7. The molecule has 178 valence electrons. The van der Waals surface area contributed by atoms with Crippen molar-refractivity contribution < 1.29 is 45.7 Å². The summed E-state index contributed by atoms with van der Waals surface area (Å²) >= 11 is 0. The van der Waals surface area contributed by atoms with Gasteiger partial charge < -0.3 is 9.47 Å². The van der Waals surface area contributed by atoms with Crippen molar-refractivity contribution in [3.63, 3.8) is 0 Å². The number of ether oxygens (including phenoxy) is 2. The summed E-state index contributed by atoms with van der Waals surface area (Å²) in [6.45, 7) is 0. The number of alkyl halides is 6. The summed E-state index contributed by atoms with van der Waals surface area (Å²) in [7, 11) is 0. The molecular weight excluding hydrogens is 478 g/mol. The molecule has 0 saturated heterocycles. The highest BCUT2D eigenvalue weighted by molar-refractivity contribution is 5.48. The van der Waals surface area contributed by atoms with Crippen LogP contribution in [0, 0.1) is 20.2 Å². The molecule has 0 aliphatic carbocycles. The van der Waals surface area contributed by atoms with Gasteiger partial charge >= 0.3 is 12.4 Å². The lowest BCUT2D eigenvalue weighted by molar-refractivity contribution is -0.385. The van der Waals surface area contributed by atoms with E-state index in [9.17, 15) is 46.6 Å². The smallest absolute Gasteiger partial charge is 0.416 e. The Morgan fingerprint density at radius 2 is 0.882 bits per heavy atom. The van der Waals surface area contributed by atoms with Crippen LogP contribution in [-0.4, -0.2) is 9.85 Å². The highest BCUT2D eigenvalue weighted by Crippen LogP contribution is 2.38. The molecule has 3 rings (SSSR count). The van der Waals surface area contributed by atoms with Crippen molar-refractivity contribution in [3.8, 4) is 23.0 Å². The van der Waals surface area contributed by atoms with Crippen LogP contribution < -0.4 is 9.47 Å². The van der Waals surface area contributed by atoms with Gasteiger partial charge in [-0.05, 0) is 36.4 Å². The Labute approximate surface area is 185 Å². The molecule has 0 saturated carbocycles. The van der Waals surface area contributed by atoms with Crippen molar-refractivity contribution >= 4 is 11.4 Å². The van der Waals surface area contributed by atoms with Crippen LogP contribution in [0.15, 0.2) is 60.7 Å². The lowest BCUT2D eigenvalue weighted by Gasteiger charge is -2.12. The SMILES string of the molecule is O=[N+]([O-])c1cc(Oc2ccc(Oc3cc([N+](=O)[O-])cc(C(F)(F)F)c3)cc2)cc(C(F)(F)F)c1. The third-order valence-electron chi connectivity index (χ3n) is 4.15. The molecule has 0 spiro atoms. The third kappa shape index (κ3) is 5.90. The molecule has 0 aromatic heterocycles. The second kappa shape index (κ2) is 8.88. The Balaban J connectivity index is 1.84. The van der Waals surface area contributed by atoms with Crippen molar-refractivity contribution in [1.82, 2.24) is 0 Å². The van der Waals surface area contributed by atoms with E-state index in [-0.39, 0.29) is 11.5 Å². The number of nitrogens with zero attached hydrogens (tertiary/aromatic N) is 2. The fourth-order valence-corrected chi connectivity index (χ4v) is 2.67. The van der Waals surface area contributed by atoms with Crippen LogP contribution in [0.3, 0.4) is 0 Å². The van der Waals surface area contributed by atoms with E-state index in [1.54, 1.807) is 0 Å². The summed E-state index contributed by atoms with van der Waals surface area (Å²) < 4.78 is 88.4. The van der Waals surface area contributed by atoms with Gasteiger partial charge in [0.1, 0.15) is 23.0 Å². The predicted octanol–water partition coefficient (Wildman–Crippen LogP) is 7.13. The normalized spacial score (nSPS) is 11.7. The summed E-state index contributed by atoms with van der Waals surface area (Å²) in [5.74, 6) is -1.11. The summed E-state index contributed by atoms with van der Waals surface area (Å²) in [6, 6.07) is 8.04. The van der Waals surface area contributed by atoms with E-state index in [0.717, 1.165) is 12.1 Å². The summed E-state index contributed by atoms with van der Waals surface area (Å²) in [5, 5.41) is 21.8. The van der Waals surface area contributed by atoms with Gasteiger partial charge in [0.15, 0.2) is 0 Å². The maximum absolute atomic E-state index is 13.0.